The van der Waals surface area contributed by atoms with Crippen molar-refractivity contribution in [1.29, 1.82) is 0 Å². The Morgan fingerprint density at radius 1 is 0.296 bits per heavy atom. The summed E-state index contributed by atoms with van der Waals surface area (Å²) in [6, 6.07) is 60.3. The number of fused-ring (bicyclic) bond motifs is 8. The standard InChI is InChI=1S/C49H29N3O2/c1-3-14-30(15-4-1)32-18-11-19-33(28-32)47-50-48(38-24-13-26-42-45(38)37-22-9-10-25-41(37)53-42)52-49(51-47)39-29-40-44-34(31-16-5-2-6-17-31)23-12-27-43(44)54-46(40)36-21-8-7-20-35(36)39/h1-29H. The van der Waals surface area contributed by atoms with Crippen LogP contribution in [0.3, 0.4) is 0 Å². The van der Waals surface area contributed by atoms with Gasteiger partial charge in [-0.1, -0.05) is 146 Å². The first-order valence-electron chi connectivity index (χ1n) is 18.0. The molecule has 11 rings (SSSR count). The molecular formula is C49H29N3O2. The molecule has 5 nitrogen and oxygen atoms in total. The summed E-state index contributed by atoms with van der Waals surface area (Å²) < 4.78 is 13.0. The smallest absolute Gasteiger partial charge is 0.164 e. The number of hydrogen-bond acceptors (Lipinski definition) is 5. The SMILES string of the molecule is c1ccc(-c2cccc(-c3nc(-c4cc5c(oc6cccc(-c7ccccc7)c65)c5ccccc45)nc(-c4cccc5oc6ccccc6c45)n3)c2)cc1. The van der Waals surface area contributed by atoms with Crippen molar-refractivity contribution in [3.63, 3.8) is 0 Å². The van der Waals surface area contributed by atoms with Gasteiger partial charge in [0.15, 0.2) is 17.5 Å². The maximum Gasteiger partial charge on any atom is 0.164 e. The fourth-order valence-electron chi connectivity index (χ4n) is 7.87. The van der Waals surface area contributed by atoms with Crippen molar-refractivity contribution >= 4 is 54.6 Å². The normalized spacial score (nSPS) is 11.7. The molecule has 0 N–H and O–H groups in total. The molecule has 0 unspecified atom stereocenters. The summed E-state index contributed by atoms with van der Waals surface area (Å²) in [5.74, 6) is 1.74. The van der Waals surface area contributed by atoms with E-state index in [2.05, 4.69) is 127 Å². The fourth-order valence-corrected chi connectivity index (χ4v) is 7.87. The van der Waals surface area contributed by atoms with Crippen LogP contribution in [0.1, 0.15) is 0 Å². The number of furan rings is 2. The Bertz CT molecular complexity index is 3220. The van der Waals surface area contributed by atoms with Gasteiger partial charge in [0.1, 0.15) is 22.3 Å². The molecule has 3 aromatic heterocycles. The monoisotopic (exact) mass is 691 g/mol. The third-order valence-electron chi connectivity index (χ3n) is 10.3. The van der Waals surface area contributed by atoms with Crippen molar-refractivity contribution in [2.45, 2.75) is 0 Å². The predicted octanol–water partition coefficient (Wildman–Crippen LogP) is 13.2. The van der Waals surface area contributed by atoms with Gasteiger partial charge < -0.3 is 8.83 Å². The zero-order valence-corrected chi connectivity index (χ0v) is 28.9. The van der Waals surface area contributed by atoms with E-state index in [-0.39, 0.29) is 0 Å². The molecule has 0 bridgehead atoms. The lowest BCUT2D eigenvalue weighted by atomic mass is 9.95. The van der Waals surface area contributed by atoms with E-state index in [1.807, 2.05) is 48.5 Å². The summed E-state index contributed by atoms with van der Waals surface area (Å²) in [5.41, 5.74) is 10.4. The van der Waals surface area contributed by atoms with Crippen molar-refractivity contribution in [2.24, 2.45) is 0 Å². The molecule has 54 heavy (non-hydrogen) atoms. The van der Waals surface area contributed by atoms with Gasteiger partial charge in [0, 0.05) is 43.6 Å². The molecule has 0 aliphatic rings. The highest BCUT2D eigenvalue weighted by molar-refractivity contribution is 6.22. The van der Waals surface area contributed by atoms with Gasteiger partial charge in [0.25, 0.3) is 0 Å². The van der Waals surface area contributed by atoms with Crippen LogP contribution in [-0.4, -0.2) is 15.0 Å². The van der Waals surface area contributed by atoms with Crippen molar-refractivity contribution in [2.75, 3.05) is 0 Å². The number of aromatic nitrogens is 3. The molecule has 0 spiro atoms. The summed E-state index contributed by atoms with van der Waals surface area (Å²) >= 11 is 0. The molecular weight excluding hydrogens is 663 g/mol. The zero-order chi connectivity index (χ0) is 35.6. The van der Waals surface area contributed by atoms with E-state index in [0.717, 1.165) is 93.6 Å². The Labute approximate surface area is 309 Å². The first-order chi connectivity index (χ1) is 26.8. The average Bonchev–Trinajstić information content (AvgIpc) is 3.83. The summed E-state index contributed by atoms with van der Waals surface area (Å²) in [6.45, 7) is 0. The van der Waals surface area contributed by atoms with Crippen LogP contribution in [0.15, 0.2) is 185 Å². The van der Waals surface area contributed by atoms with E-state index < -0.39 is 0 Å². The Morgan fingerprint density at radius 2 is 0.833 bits per heavy atom. The van der Waals surface area contributed by atoms with E-state index in [1.165, 1.54) is 0 Å². The highest BCUT2D eigenvalue weighted by Crippen LogP contribution is 2.43. The average molecular weight is 692 g/mol. The maximum atomic E-state index is 6.68. The Hall–Kier alpha value is -7.37. The quantitative estimate of drug-likeness (QED) is 0.180. The molecule has 252 valence electrons. The van der Waals surface area contributed by atoms with E-state index in [0.29, 0.717) is 17.5 Å². The third kappa shape index (κ3) is 4.83. The molecule has 0 aliphatic carbocycles. The Morgan fingerprint density at radius 3 is 1.63 bits per heavy atom. The van der Waals surface area contributed by atoms with Gasteiger partial charge in [0.05, 0.1) is 0 Å². The third-order valence-corrected chi connectivity index (χ3v) is 10.3. The Balaban J connectivity index is 1.22. The molecule has 8 aromatic carbocycles. The lowest BCUT2D eigenvalue weighted by Gasteiger charge is -2.12. The lowest BCUT2D eigenvalue weighted by Crippen LogP contribution is -2.01. The largest absolute Gasteiger partial charge is 0.456 e. The number of para-hydroxylation sites is 1. The molecule has 0 radical (unpaired) electrons. The van der Waals surface area contributed by atoms with Crippen LogP contribution >= 0.6 is 0 Å². The predicted molar refractivity (Wildman–Crippen MR) is 219 cm³/mol. The highest BCUT2D eigenvalue weighted by Gasteiger charge is 2.22. The number of hydrogen-bond donors (Lipinski definition) is 0. The van der Waals surface area contributed by atoms with Crippen LogP contribution in [0, 0.1) is 0 Å². The second-order valence-corrected chi connectivity index (χ2v) is 13.5. The van der Waals surface area contributed by atoms with Crippen molar-refractivity contribution in [1.82, 2.24) is 15.0 Å². The van der Waals surface area contributed by atoms with Gasteiger partial charge in [-0.3, -0.25) is 0 Å². The number of benzene rings is 8. The van der Waals surface area contributed by atoms with Crippen LogP contribution in [-0.2, 0) is 0 Å². The van der Waals surface area contributed by atoms with Crippen LogP contribution in [0.2, 0.25) is 0 Å². The van der Waals surface area contributed by atoms with E-state index in [4.69, 9.17) is 23.8 Å². The first-order valence-corrected chi connectivity index (χ1v) is 18.0. The van der Waals surface area contributed by atoms with Crippen molar-refractivity contribution in [3.8, 4) is 56.4 Å². The van der Waals surface area contributed by atoms with Crippen LogP contribution in [0.5, 0.6) is 0 Å². The molecule has 0 amide bonds. The second-order valence-electron chi connectivity index (χ2n) is 13.5. The van der Waals surface area contributed by atoms with Gasteiger partial charge in [-0.05, 0) is 58.0 Å². The highest BCUT2D eigenvalue weighted by atomic mass is 16.3. The minimum Gasteiger partial charge on any atom is -0.456 e. The summed E-state index contributed by atoms with van der Waals surface area (Å²) in [6.07, 6.45) is 0. The Kier molecular flexibility index (Phi) is 6.79. The molecule has 3 heterocycles. The van der Waals surface area contributed by atoms with E-state index in [1.54, 1.807) is 0 Å². The minimum atomic E-state index is 0.573. The molecule has 0 saturated heterocycles. The fraction of sp³-hybridized carbons (Fsp3) is 0. The summed E-state index contributed by atoms with van der Waals surface area (Å²) in [4.78, 5) is 15.8. The van der Waals surface area contributed by atoms with Crippen LogP contribution < -0.4 is 0 Å². The maximum absolute atomic E-state index is 6.68. The van der Waals surface area contributed by atoms with Gasteiger partial charge in [0.2, 0.25) is 0 Å². The first kappa shape index (κ1) is 30.3. The van der Waals surface area contributed by atoms with Crippen LogP contribution in [0.25, 0.3) is 111 Å². The van der Waals surface area contributed by atoms with Crippen molar-refractivity contribution < 1.29 is 8.83 Å². The van der Waals surface area contributed by atoms with Gasteiger partial charge in [-0.2, -0.15) is 0 Å². The van der Waals surface area contributed by atoms with Crippen LogP contribution in [0.4, 0.5) is 0 Å². The van der Waals surface area contributed by atoms with Gasteiger partial charge in [-0.15, -0.1) is 0 Å². The molecule has 0 saturated carbocycles. The molecule has 5 heteroatoms. The molecule has 11 aromatic rings. The molecule has 0 atom stereocenters. The summed E-state index contributed by atoms with van der Waals surface area (Å²) in [5, 5.41) is 6.06. The number of rotatable bonds is 5. The zero-order valence-electron chi connectivity index (χ0n) is 28.9. The van der Waals surface area contributed by atoms with Gasteiger partial charge in [-0.25, -0.2) is 15.0 Å². The second kappa shape index (κ2) is 12.1. The summed E-state index contributed by atoms with van der Waals surface area (Å²) in [7, 11) is 0. The molecule has 0 fully saturated rings. The molecule has 0 aliphatic heterocycles. The van der Waals surface area contributed by atoms with E-state index >= 15 is 0 Å². The van der Waals surface area contributed by atoms with E-state index in [9.17, 15) is 0 Å². The van der Waals surface area contributed by atoms with Crippen molar-refractivity contribution in [3.05, 3.63) is 176 Å². The lowest BCUT2D eigenvalue weighted by molar-refractivity contribution is 0.669. The van der Waals surface area contributed by atoms with Gasteiger partial charge >= 0.3 is 0 Å². The minimum absolute atomic E-state index is 0.573. The topological polar surface area (TPSA) is 65.0 Å². The number of nitrogens with zero attached hydrogens (tertiary/aromatic N) is 3.